The monoisotopic (exact) mass is 264 g/mol. The predicted octanol–water partition coefficient (Wildman–Crippen LogP) is 4.33. The Balaban J connectivity index is 2.30. The van der Waals surface area contributed by atoms with Crippen molar-refractivity contribution in [3.8, 4) is 0 Å². The Morgan fingerprint density at radius 1 is 1.11 bits per heavy atom. The topological polar surface area (TPSA) is 34.1 Å². The molecule has 0 radical (unpaired) electrons. The van der Waals surface area contributed by atoms with E-state index in [2.05, 4.69) is 6.92 Å². The van der Waals surface area contributed by atoms with Gasteiger partial charge in [-0.05, 0) is 18.6 Å². The molecule has 0 aliphatic rings. The van der Waals surface area contributed by atoms with Gasteiger partial charge >= 0.3 is 0 Å². The lowest BCUT2D eigenvalue weighted by Gasteiger charge is -2.02. The van der Waals surface area contributed by atoms with Gasteiger partial charge in [-0.1, -0.05) is 44.7 Å². The molecule has 2 nitrogen and oxygen atoms in total. The minimum absolute atomic E-state index is 0.0502. The molecule has 0 spiro atoms. The van der Waals surface area contributed by atoms with E-state index in [4.69, 9.17) is 0 Å². The van der Waals surface area contributed by atoms with E-state index in [9.17, 15) is 14.0 Å². The molecule has 0 bridgehead atoms. The van der Waals surface area contributed by atoms with Gasteiger partial charge < -0.3 is 0 Å². The number of unbranched alkanes of at least 4 members (excludes halogenated alkanes) is 4. The molecule has 0 heterocycles. The molecule has 3 heteroatoms. The van der Waals surface area contributed by atoms with E-state index in [1.807, 2.05) is 0 Å². The van der Waals surface area contributed by atoms with Crippen LogP contribution in [0.25, 0.3) is 0 Å². The van der Waals surface area contributed by atoms with Crippen LogP contribution in [0.4, 0.5) is 4.39 Å². The van der Waals surface area contributed by atoms with Crippen LogP contribution < -0.4 is 0 Å². The summed E-state index contributed by atoms with van der Waals surface area (Å²) >= 11 is 0. The van der Waals surface area contributed by atoms with Gasteiger partial charge in [-0.25, -0.2) is 4.39 Å². The fourth-order valence-corrected chi connectivity index (χ4v) is 1.96. The van der Waals surface area contributed by atoms with Crippen LogP contribution >= 0.6 is 0 Å². The van der Waals surface area contributed by atoms with E-state index in [-0.39, 0.29) is 23.6 Å². The van der Waals surface area contributed by atoms with Gasteiger partial charge in [0.05, 0.1) is 6.42 Å². The third-order valence-electron chi connectivity index (χ3n) is 3.06. The van der Waals surface area contributed by atoms with Crippen molar-refractivity contribution in [3.63, 3.8) is 0 Å². The van der Waals surface area contributed by atoms with Gasteiger partial charge in [0.25, 0.3) is 0 Å². The molecule has 0 saturated heterocycles. The lowest BCUT2D eigenvalue weighted by atomic mass is 10.0. The second kappa shape index (κ2) is 8.57. The summed E-state index contributed by atoms with van der Waals surface area (Å²) in [4.78, 5) is 23.4. The summed E-state index contributed by atoms with van der Waals surface area (Å²) < 4.78 is 12.9. The first-order valence-corrected chi connectivity index (χ1v) is 6.94. The number of carbonyl (C=O) groups is 2. The maximum absolute atomic E-state index is 12.9. The van der Waals surface area contributed by atoms with Crippen LogP contribution in [-0.4, -0.2) is 11.6 Å². The number of carbonyl (C=O) groups excluding carboxylic acids is 2. The molecule has 0 amide bonds. The van der Waals surface area contributed by atoms with E-state index in [1.165, 1.54) is 31.0 Å². The van der Waals surface area contributed by atoms with Crippen molar-refractivity contribution in [2.75, 3.05) is 0 Å². The first-order chi connectivity index (χ1) is 9.13. The van der Waals surface area contributed by atoms with Crippen LogP contribution in [0, 0.1) is 5.82 Å². The minimum Gasteiger partial charge on any atom is -0.299 e. The highest BCUT2D eigenvalue weighted by atomic mass is 19.1. The molecule has 1 aromatic carbocycles. The molecule has 0 atom stereocenters. The van der Waals surface area contributed by atoms with Gasteiger partial charge in [0.1, 0.15) is 11.6 Å². The van der Waals surface area contributed by atoms with Gasteiger partial charge in [-0.15, -0.1) is 0 Å². The Bertz CT molecular complexity index is 427. The molecule has 0 aliphatic heterocycles. The molecule has 1 rings (SSSR count). The SMILES string of the molecule is CCCCCCCC(=O)CC(=O)c1cccc(F)c1. The average Bonchev–Trinajstić information content (AvgIpc) is 2.38. The Morgan fingerprint density at radius 2 is 1.84 bits per heavy atom. The van der Waals surface area contributed by atoms with Crippen molar-refractivity contribution < 1.29 is 14.0 Å². The van der Waals surface area contributed by atoms with Crippen molar-refractivity contribution in [2.45, 2.75) is 51.9 Å². The molecule has 0 aromatic heterocycles. The van der Waals surface area contributed by atoms with E-state index < -0.39 is 5.82 Å². The molecular weight excluding hydrogens is 243 g/mol. The van der Waals surface area contributed by atoms with Gasteiger partial charge in [-0.2, -0.15) is 0 Å². The minimum atomic E-state index is -0.446. The van der Waals surface area contributed by atoms with E-state index in [1.54, 1.807) is 6.07 Å². The van der Waals surface area contributed by atoms with Crippen LogP contribution in [-0.2, 0) is 4.79 Å². The van der Waals surface area contributed by atoms with E-state index in [0.29, 0.717) is 6.42 Å². The number of hydrogen-bond donors (Lipinski definition) is 0. The zero-order chi connectivity index (χ0) is 14.1. The Labute approximate surface area is 114 Å². The lowest BCUT2D eigenvalue weighted by molar-refractivity contribution is -0.118. The maximum Gasteiger partial charge on any atom is 0.170 e. The molecule has 104 valence electrons. The zero-order valence-corrected chi connectivity index (χ0v) is 11.5. The summed E-state index contributed by atoms with van der Waals surface area (Å²) in [5, 5.41) is 0. The molecule has 0 fully saturated rings. The number of Topliss-reactive ketones (excluding diaryl/α,β-unsaturated/α-hetero) is 2. The normalized spacial score (nSPS) is 10.4. The van der Waals surface area contributed by atoms with Crippen molar-refractivity contribution >= 4 is 11.6 Å². The Kier molecular flexibility index (Phi) is 7.01. The molecular formula is C16H21FO2. The van der Waals surface area contributed by atoms with Gasteiger partial charge in [0.2, 0.25) is 0 Å². The van der Waals surface area contributed by atoms with Crippen molar-refractivity contribution in [2.24, 2.45) is 0 Å². The smallest absolute Gasteiger partial charge is 0.170 e. The number of hydrogen-bond acceptors (Lipinski definition) is 2. The quantitative estimate of drug-likeness (QED) is 0.378. The highest BCUT2D eigenvalue weighted by Crippen LogP contribution is 2.10. The predicted molar refractivity (Wildman–Crippen MR) is 73.7 cm³/mol. The second-order valence-electron chi connectivity index (χ2n) is 4.81. The molecule has 0 unspecified atom stereocenters. The summed E-state index contributed by atoms with van der Waals surface area (Å²) in [6.45, 7) is 2.14. The molecule has 0 saturated carbocycles. The second-order valence-corrected chi connectivity index (χ2v) is 4.81. The van der Waals surface area contributed by atoms with E-state index >= 15 is 0 Å². The molecule has 1 aromatic rings. The Morgan fingerprint density at radius 3 is 2.53 bits per heavy atom. The average molecular weight is 264 g/mol. The summed E-state index contributed by atoms with van der Waals surface area (Å²) in [7, 11) is 0. The number of ketones is 2. The van der Waals surface area contributed by atoms with Crippen LogP contribution in [0.2, 0.25) is 0 Å². The number of halogens is 1. The van der Waals surface area contributed by atoms with Crippen LogP contribution in [0.3, 0.4) is 0 Å². The van der Waals surface area contributed by atoms with Crippen LogP contribution in [0.1, 0.15) is 62.2 Å². The highest BCUT2D eigenvalue weighted by Gasteiger charge is 2.12. The molecule has 0 N–H and O–H groups in total. The Hall–Kier alpha value is -1.51. The van der Waals surface area contributed by atoms with Crippen molar-refractivity contribution in [1.82, 2.24) is 0 Å². The third-order valence-corrected chi connectivity index (χ3v) is 3.06. The molecule has 19 heavy (non-hydrogen) atoms. The first kappa shape index (κ1) is 15.5. The largest absolute Gasteiger partial charge is 0.299 e. The van der Waals surface area contributed by atoms with Gasteiger partial charge in [0.15, 0.2) is 5.78 Å². The highest BCUT2D eigenvalue weighted by molar-refractivity contribution is 6.07. The summed E-state index contributed by atoms with van der Waals surface area (Å²) in [6.07, 6.45) is 5.72. The number of rotatable bonds is 9. The zero-order valence-electron chi connectivity index (χ0n) is 11.5. The van der Waals surface area contributed by atoms with E-state index in [0.717, 1.165) is 19.3 Å². The van der Waals surface area contributed by atoms with Crippen LogP contribution in [0.5, 0.6) is 0 Å². The summed E-state index contributed by atoms with van der Waals surface area (Å²) in [5.74, 6) is -0.790. The van der Waals surface area contributed by atoms with Gasteiger partial charge in [-0.3, -0.25) is 9.59 Å². The van der Waals surface area contributed by atoms with Crippen LogP contribution in [0.15, 0.2) is 24.3 Å². The summed E-state index contributed by atoms with van der Waals surface area (Å²) in [5.41, 5.74) is 0.277. The molecule has 0 aliphatic carbocycles. The fraction of sp³-hybridized carbons (Fsp3) is 0.500. The third kappa shape index (κ3) is 6.27. The lowest BCUT2D eigenvalue weighted by Crippen LogP contribution is -2.08. The fourth-order valence-electron chi connectivity index (χ4n) is 1.96. The first-order valence-electron chi connectivity index (χ1n) is 6.94. The standard InChI is InChI=1S/C16H21FO2/c1-2-3-4-5-6-10-15(18)12-16(19)13-8-7-9-14(17)11-13/h7-9,11H,2-6,10,12H2,1H3. The summed E-state index contributed by atoms with van der Waals surface area (Å²) in [6, 6.07) is 5.49. The van der Waals surface area contributed by atoms with Crippen molar-refractivity contribution in [3.05, 3.63) is 35.6 Å². The maximum atomic E-state index is 12.9. The van der Waals surface area contributed by atoms with Gasteiger partial charge in [0, 0.05) is 12.0 Å². The number of benzene rings is 1. The van der Waals surface area contributed by atoms with Crippen molar-refractivity contribution in [1.29, 1.82) is 0 Å².